The summed E-state index contributed by atoms with van der Waals surface area (Å²) >= 11 is 0. The maximum atomic E-state index is 11.7. The van der Waals surface area contributed by atoms with Crippen molar-refractivity contribution in [3.63, 3.8) is 0 Å². The maximum Gasteiger partial charge on any atom is 0.411 e. The number of hydrogen-bond donors (Lipinski definition) is 1. The molecule has 0 aromatic carbocycles. The molecule has 4 nitrogen and oxygen atoms in total. The third kappa shape index (κ3) is 10.1. The van der Waals surface area contributed by atoms with Crippen molar-refractivity contribution < 1.29 is 27.4 Å². The zero-order valence-corrected chi connectivity index (χ0v) is 9.97. The fourth-order valence-corrected chi connectivity index (χ4v) is 1.03. The lowest BCUT2D eigenvalue weighted by molar-refractivity contribution is -0.173. The Bertz CT molecular complexity index is 221. The highest BCUT2D eigenvalue weighted by Gasteiger charge is 2.27. The predicted octanol–water partition coefficient (Wildman–Crippen LogP) is 1.50. The van der Waals surface area contributed by atoms with Crippen LogP contribution < -0.4 is 5.32 Å². The Kier molecular flexibility index (Phi) is 7.90. The molecule has 17 heavy (non-hydrogen) atoms. The van der Waals surface area contributed by atoms with E-state index in [1.165, 1.54) is 0 Å². The van der Waals surface area contributed by atoms with E-state index in [1.807, 2.05) is 0 Å². The molecule has 0 rings (SSSR count). The molecule has 0 bridgehead atoms. The Morgan fingerprint density at radius 1 is 1.41 bits per heavy atom. The van der Waals surface area contributed by atoms with Crippen LogP contribution in [0.4, 0.5) is 13.2 Å². The molecule has 0 amide bonds. The second kappa shape index (κ2) is 8.30. The minimum Gasteiger partial charge on any atom is -0.465 e. The van der Waals surface area contributed by atoms with Gasteiger partial charge in [-0.3, -0.25) is 4.79 Å². The smallest absolute Gasteiger partial charge is 0.411 e. The van der Waals surface area contributed by atoms with Crippen molar-refractivity contribution in [3.05, 3.63) is 0 Å². The van der Waals surface area contributed by atoms with E-state index in [0.717, 1.165) is 0 Å². The van der Waals surface area contributed by atoms with E-state index in [1.54, 1.807) is 13.8 Å². The Morgan fingerprint density at radius 3 is 2.59 bits per heavy atom. The van der Waals surface area contributed by atoms with Crippen molar-refractivity contribution in [2.24, 2.45) is 0 Å². The number of carbonyl (C=O) groups is 1. The molecule has 7 heteroatoms. The van der Waals surface area contributed by atoms with E-state index in [0.29, 0.717) is 19.6 Å². The summed E-state index contributed by atoms with van der Waals surface area (Å²) in [6.07, 6.45) is -3.88. The zero-order valence-electron chi connectivity index (χ0n) is 9.97. The first-order valence-corrected chi connectivity index (χ1v) is 5.41. The van der Waals surface area contributed by atoms with Crippen molar-refractivity contribution in [1.82, 2.24) is 5.32 Å². The standard InChI is InChI=1S/C10H18F3NO3/c1-3-17-9(15)8(2)14-5-4-6-16-7-10(11,12)13/h8,14H,3-7H2,1-2H3. The van der Waals surface area contributed by atoms with E-state index in [4.69, 9.17) is 4.74 Å². The molecule has 0 aliphatic carbocycles. The summed E-state index contributed by atoms with van der Waals surface area (Å²) in [6, 6.07) is -0.461. The van der Waals surface area contributed by atoms with Crippen LogP contribution in [0.2, 0.25) is 0 Å². The summed E-state index contributed by atoms with van der Waals surface area (Å²) in [6.45, 7) is 2.81. The Morgan fingerprint density at radius 2 is 2.06 bits per heavy atom. The lowest BCUT2D eigenvalue weighted by Crippen LogP contribution is -2.36. The molecular formula is C10H18F3NO3. The van der Waals surface area contributed by atoms with Crippen LogP contribution in [0, 0.1) is 0 Å². The number of hydrogen-bond acceptors (Lipinski definition) is 4. The molecule has 0 fully saturated rings. The van der Waals surface area contributed by atoms with Gasteiger partial charge in [-0.2, -0.15) is 13.2 Å². The molecule has 102 valence electrons. The van der Waals surface area contributed by atoms with Gasteiger partial charge in [0.15, 0.2) is 0 Å². The molecule has 1 atom stereocenters. The van der Waals surface area contributed by atoms with Gasteiger partial charge >= 0.3 is 12.1 Å². The Labute approximate surface area is 98.5 Å². The van der Waals surface area contributed by atoms with Crippen molar-refractivity contribution in [3.8, 4) is 0 Å². The van der Waals surface area contributed by atoms with E-state index in [2.05, 4.69) is 10.1 Å². The van der Waals surface area contributed by atoms with Crippen LogP contribution in [-0.2, 0) is 14.3 Å². The second-order valence-electron chi connectivity index (χ2n) is 3.45. The highest BCUT2D eigenvalue weighted by molar-refractivity contribution is 5.75. The van der Waals surface area contributed by atoms with Gasteiger partial charge in [-0.1, -0.05) is 0 Å². The van der Waals surface area contributed by atoms with Gasteiger partial charge in [-0.25, -0.2) is 0 Å². The predicted molar refractivity (Wildman–Crippen MR) is 55.6 cm³/mol. The van der Waals surface area contributed by atoms with Gasteiger partial charge in [0.2, 0.25) is 0 Å². The molecular weight excluding hydrogens is 239 g/mol. The minimum absolute atomic E-state index is 0.00204. The Hall–Kier alpha value is -0.820. The highest BCUT2D eigenvalue weighted by Crippen LogP contribution is 2.14. The van der Waals surface area contributed by atoms with Gasteiger partial charge in [-0.05, 0) is 26.8 Å². The first-order valence-electron chi connectivity index (χ1n) is 5.41. The van der Waals surface area contributed by atoms with Crippen molar-refractivity contribution in [1.29, 1.82) is 0 Å². The number of rotatable bonds is 8. The molecule has 0 aliphatic rings. The molecule has 0 aromatic heterocycles. The number of halogens is 3. The lowest BCUT2D eigenvalue weighted by atomic mass is 10.3. The van der Waals surface area contributed by atoms with E-state index in [9.17, 15) is 18.0 Å². The quantitative estimate of drug-likeness (QED) is 0.529. The number of esters is 1. The number of nitrogens with one attached hydrogen (secondary N) is 1. The SMILES string of the molecule is CCOC(=O)C(C)NCCCOCC(F)(F)F. The fraction of sp³-hybridized carbons (Fsp3) is 0.900. The molecule has 0 heterocycles. The second-order valence-corrected chi connectivity index (χ2v) is 3.45. The lowest BCUT2D eigenvalue weighted by Gasteiger charge is -2.12. The summed E-state index contributed by atoms with van der Waals surface area (Å²) in [5.41, 5.74) is 0. The molecule has 0 spiro atoms. The van der Waals surface area contributed by atoms with Crippen LogP contribution in [-0.4, -0.2) is 44.6 Å². The van der Waals surface area contributed by atoms with Crippen LogP contribution in [0.3, 0.4) is 0 Å². The van der Waals surface area contributed by atoms with Crippen LogP contribution in [0.25, 0.3) is 0 Å². The van der Waals surface area contributed by atoms with Crippen molar-refractivity contribution >= 4 is 5.97 Å². The molecule has 0 aliphatic heterocycles. The van der Waals surface area contributed by atoms with Gasteiger partial charge in [-0.15, -0.1) is 0 Å². The van der Waals surface area contributed by atoms with E-state index >= 15 is 0 Å². The highest BCUT2D eigenvalue weighted by atomic mass is 19.4. The summed E-state index contributed by atoms with van der Waals surface area (Å²) in [5, 5.41) is 2.83. The third-order valence-corrected chi connectivity index (χ3v) is 1.82. The molecule has 0 aromatic rings. The van der Waals surface area contributed by atoms with Gasteiger partial charge in [0.25, 0.3) is 0 Å². The maximum absolute atomic E-state index is 11.7. The summed E-state index contributed by atoms with van der Waals surface area (Å²) in [4.78, 5) is 11.1. The van der Waals surface area contributed by atoms with Crippen LogP contribution in [0.5, 0.6) is 0 Å². The van der Waals surface area contributed by atoms with Gasteiger partial charge in [0.05, 0.1) is 6.61 Å². The van der Waals surface area contributed by atoms with Crippen molar-refractivity contribution in [2.75, 3.05) is 26.4 Å². The average Bonchev–Trinajstić information content (AvgIpc) is 2.21. The number of ether oxygens (including phenoxy) is 2. The topological polar surface area (TPSA) is 47.6 Å². The van der Waals surface area contributed by atoms with Gasteiger partial charge < -0.3 is 14.8 Å². The van der Waals surface area contributed by atoms with Gasteiger partial charge in [0.1, 0.15) is 12.6 Å². The molecule has 0 radical (unpaired) electrons. The molecule has 1 N–H and O–H groups in total. The third-order valence-electron chi connectivity index (χ3n) is 1.82. The van der Waals surface area contributed by atoms with Crippen molar-refractivity contribution in [2.45, 2.75) is 32.5 Å². The van der Waals surface area contributed by atoms with Crippen LogP contribution in [0.1, 0.15) is 20.3 Å². The first kappa shape index (κ1) is 16.2. The summed E-state index contributed by atoms with van der Waals surface area (Å²) in [7, 11) is 0. The average molecular weight is 257 g/mol. The molecule has 0 saturated carbocycles. The van der Waals surface area contributed by atoms with Crippen LogP contribution >= 0.6 is 0 Å². The molecule has 1 unspecified atom stereocenters. The zero-order chi connectivity index (χ0) is 13.3. The summed E-state index contributed by atoms with van der Waals surface area (Å²) < 4.78 is 44.2. The number of carbonyl (C=O) groups excluding carboxylic acids is 1. The minimum atomic E-state index is -4.29. The van der Waals surface area contributed by atoms with Gasteiger partial charge in [0, 0.05) is 6.61 Å². The van der Waals surface area contributed by atoms with E-state index < -0.39 is 18.8 Å². The normalized spacial score (nSPS) is 13.5. The number of alkyl halides is 3. The molecule has 0 saturated heterocycles. The largest absolute Gasteiger partial charge is 0.465 e. The monoisotopic (exact) mass is 257 g/mol. The van der Waals surface area contributed by atoms with Crippen LogP contribution in [0.15, 0.2) is 0 Å². The Balaban J connectivity index is 3.42. The first-order chi connectivity index (χ1) is 7.87. The summed E-state index contributed by atoms with van der Waals surface area (Å²) in [5.74, 6) is -0.372. The fourth-order valence-electron chi connectivity index (χ4n) is 1.03. The van der Waals surface area contributed by atoms with E-state index in [-0.39, 0.29) is 12.6 Å².